The van der Waals surface area contributed by atoms with Crippen molar-refractivity contribution < 1.29 is 14.3 Å². The third-order valence-corrected chi connectivity index (χ3v) is 4.73. The lowest BCUT2D eigenvalue weighted by molar-refractivity contribution is -0.148. The Balaban J connectivity index is 1.43. The van der Waals surface area contributed by atoms with Crippen LogP contribution in [0.4, 0.5) is 5.69 Å². The van der Waals surface area contributed by atoms with E-state index in [1.165, 1.54) is 0 Å². The van der Waals surface area contributed by atoms with Gasteiger partial charge in [0.25, 0.3) is 0 Å². The van der Waals surface area contributed by atoms with Gasteiger partial charge in [-0.1, -0.05) is 72.8 Å². The fourth-order valence-corrected chi connectivity index (χ4v) is 3.30. The topological polar surface area (TPSA) is 55.4 Å². The largest absolute Gasteiger partial charge is 0.460 e. The van der Waals surface area contributed by atoms with Crippen LogP contribution in [0.25, 0.3) is 11.1 Å². The summed E-state index contributed by atoms with van der Waals surface area (Å²) in [6, 6.07) is 25.4. The molecule has 0 spiro atoms. The van der Waals surface area contributed by atoms with Crippen molar-refractivity contribution in [3.05, 3.63) is 90.0 Å². The maximum atomic E-state index is 12.6. The SMILES string of the molecule is O=C1C[C@H](C(=O)OCc2ccc(-c3ccccc3)cc2)c2ccccc2N1. The Morgan fingerprint density at radius 3 is 2.33 bits per heavy atom. The van der Waals surface area contributed by atoms with E-state index in [2.05, 4.69) is 17.4 Å². The fourth-order valence-electron chi connectivity index (χ4n) is 3.30. The van der Waals surface area contributed by atoms with Gasteiger partial charge in [0.15, 0.2) is 0 Å². The van der Waals surface area contributed by atoms with Crippen molar-refractivity contribution in [1.29, 1.82) is 0 Å². The van der Waals surface area contributed by atoms with Gasteiger partial charge < -0.3 is 10.1 Å². The van der Waals surface area contributed by atoms with Crippen molar-refractivity contribution in [3.63, 3.8) is 0 Å². The Hall–Kier alpha value is -3.40. The molecule has 4 nitrogen and oxygen atoms in total. The van der Waals surface area contributed by atoms with E-state index in [0.29, 0.717) is 5.69 Å². The highest BCUT2D eigenvalue weighted by Gasteiger charge is 2.31. The zero-order valence-electron chi connectivity index (χ0n) is 14.7. The second kappa shape index (κ2) is 7.46. The number of amides is 1. The zero-order valence-corrected chi connectivity index (χ0v) is 14.7. The zero-order chi connectivity index (χ0) is 18.6. The highest BCUT2D eigenvalue weighted by molar-refractivity contribution is 5.99. The molecule has 1 atom stereocenters. The summed E-state index contributed by atoms with van der Waals surface area (Å²) in [5.74, 6) is -1.09. The number of carbonyl (C=O) groups is 2. The van der Waals surface area contributed by atoms with Crippen molar-refractivity contribution in [1.82, 2.24) is 0 Å². The molecule has 1 aliphatic rings. The first-order chi connectivity index (χ1) is 13.2. The number of rotatable bonds is 4. The summed E-state index contributed by atoms with van der Waals surface area (Å²) in [6.45, 7) is 0.189. The summed E-state index contributed by atoms with van der Waals surface area (Å²) < 4.78 is 5.50. The number of esters is 1. The Bertz CT molecular complexity index is 964. The number of carbonyl (C=O) groups excluding carboxylic acids is 2. The third kappa shape index (κ3) is 3.75. The van der Waals surface area contributed by atoms with Crippen molar-refractivity contribution in [2.24, 2.45) is 0 Å². The summed E-state index contributed by atoms with van der Waals surface area (Å²) in [6.07, 6.45) is 0.114. The molecule has 0 saturated heterocycles. The maximum absolute atomic E-state index is 12.6. The van der Waals surface area contributed by atoms with E-state index < -0.39 is 5.92 Å². The Morgan fingerprint density at radius 2 is 1.56 bits per heavy atom. The lowest BCUT2D eigenvalue weighted by atomic mass is 9.91. The van der Waals surface area contributed by atoms with Gasteiger partial charge >= 0.3 is 5.97 Å². The van der Waals surface area contributed by atoms with Crippen molar-refractivity contribution in [3.8, 4) is 11.1 Å². The summed E-state index contributed by atoms with van der Waals surface area (Å²) in [5, 5.41) is 2.79. The molecular formula is C23H19NO3. The van der Waals surface area contributed by atoms with Gasteiger partial charge in [0.2, 0.25) is 5.91 Å². The summed E-state index contributed by atoms with van der Waals surface area (Å²) >= 11 is 0. The summed E-state index contributed by atoms with van der Waals surface area (Å²) in [5.41, 5.74) is 4.66. The molecule has 1 aliphatic heterocycles. The Morgan fingerprint density at radius 1 is 0.889 bits per heavy atom. The first-order valence-electron chi connectivity index (χ1n) is 8.90. The number of para-hydroxylation sites is 1. The minimum atomic E-state index is -0.557. The van der Waals surface area contributed by atoms with Crippen LogP contribution >= 0.6 is 0 Å². The summed E-state index contributed by atoms with van der Waals surface area (Å²) in [4.78, 5) is 24.4. The fraction of sp³-hybridized carbons (Fsp3) is 0.130. The first-order valence-corrected chi connectivity index (χ1v) is 8.90. The van der Waals surface area contributed by atoms with Gasteiger partial charge in [-0.2, -0.15) is 0 Å². The molecule has 0 saturated carbocycles. The molecule has 134 valence electrons. The molecular weight excluding hydrogens is 338 g/mol. The summed E-state index contributed by atoms with van der Waals surface area (Å²) in [7, 11) is 0. The first kappa shape index (κ1) is 17.0. The average Bonchev–Trinajstić information content (AvgIpc) is 2.72. The minimum Gasteiger partial charge on any atom is -0.460 e. The molecule has 1 N–H and O–H groups in total. The molecule has 0 bridgehead atoms. The van der Waals surface area contributed by atoms with E-state index in [1.54, 1.807) is 6.07 Å². The molecule has 4 rings (SSSR count). The van der Waals surface area contributed by atoms with E-state index in [4.69, 9.17) is 4.74 Å². The molecule has 3 aromatic rings. The van der Waals surface area contributed by atoms with Crippen LogP contribution < -0.4 is 5.32 Å². The van der Waals surface area contributed by atoms with Crippen molar-refractivity contribution in [2.75, 3.05) is 5.32 Å². The lowest BCUT2D eigenvalue weighted by Crippen LogP contribution is -2.28. The van der Waals surface area contributed by atoms with Gasteiger partial charge in [-0.25, -0.2) is 0 Å². The van der Waals surface area contributed by atoms with E-state index >= 15 is 0 Å². The molecule has 3 aromatic carbocycles. The van der Waals surface area contributed by atoms with Crippen LogP contribution in [0.15, 0.2) is 78.9 Å². The second-order valence-electron chi connectivity index (χ2n) is 6.56. The smallest absolute Gasteiger partial charge is 0.314 e. The van der Waals surface area contributed by atoms with Gasteiger partial charge in [0, 0.05) is 12.1 Å². The maximum Gasteiger partial charge on any atom is 0.314 e. The normalized spacial score (nSPS) is 15.6. The third-order valence-electron chi connectivity index (χ3n) is 4.73. The Kier molecular flexibility index (Phi) is 4.71. The van der Waals surface area contributed by atoms with E-state index in [9.17, 15) is 9.59 Å². The molecule has 0 aliphatic carbocycles. The lowest BCUT2D eigenvalue weighted by Gasteiger charge is -2.24. The molecule has 4 heteroatoms. The molecule has 1 heterocycles. The monoisotopic (exact) mass is 357 g/mol. The second-order valence-corrected chi connectivity index (χ2v) is 6.56. The number of nitrogens with one attached hydrogen (secondary N) is 1. The molecule has 0 aromatic heterocycles. The number of fused-ring (bicyclic) bond motifs is 1. The molecule has 0 radical (unpaired) electrons. The molecule has 0 unspecified atom stereocenters. The van der Waals surface area contributed by atoms with Crippen LogP contribution in [0.5, 0.6) is 0 Å². The number of hydrogen-bond donors (Lipinski definition) is 1. The van der Waals surface area contributed by atoms with Crippen LogP contribution in [0.3, 0.4) is 0 Å². The van der Waals surface area contributed by atoms with Crippen LogP contribution in [-0.4, -0.2) is 11.9 Å². The van der Waals surface area contributed by atoms with Gasteiger partial charge in [0.1, 0.15) is 6.61 Å². The van der Waals surface area contributed by atoms with Crippen LogP contribution in [0, 0.1) is 0 Å². The van der Waals surface area contributed by atoms with E-state index in [0.717, 1.165) is 22.3 Å². The number of anilines is 1. The van der Waals surface area contributed by atoms with Crippen LogP contribution in [-0.2, 0) is 20.9 Å². The van der Waals surface area contributed by atoms with Crippen LogP contribution in [0.1, 0.15) is 23.5 Å². The average molecular weight is 357 g/mol. The van der Waals surface area contributed by atoms with Gasteiger partial charge in [0.05, 0.1) is 5.92 Å². The number of hydrogen-bond acceptors (Lipinski definition) is 3. The number of ether oxygens (including phenoxy) is 1. The predicted molar refractivity (Wildman–Crippen MR) is 104 cm³/mol. The van der Waals surface area contributed by atoms with E-state index in [-0.39, 0.29) is 24.9 Å². The number of benzene rings is 3. The molecule has 0 fully saturated rings. The van der Waals surface area contributed by atoms with Gasteiger partial charge in [-0.05, 0) is 28.3 Å². The van der Waals surface area contributed by atoms with Crippen LogP contribution in [0.2, 0.25) is 0 Å². The highest BCUT2D eigenvalue weighted by atomic mass is 16.5. The minimum absolute atomic E-state index is 0.114. The molecule has 27 heavy (non-hydrogen) atoms. The highest BCUT2D eigenvalue weighted by Crippen LogP contribution is 2.33. The van der Waals surface area contributed by atoms with Gasteiger partial charge in [-0.15, -0.1) is 0 Å². The van der Waals surface area contributed by atoms with Crippen molar-refractivity contribution in [2.45, 2.75) is 18.9 Å². The molecule has 1 amide bonds. The predicted octanol–water partition coefficient (Wildman–Crippen LogP) is 4.52. The van der Waals surface area contributed by atoms with Gasteiger partial charge in [-0.3, -0.25) is 9.59 Å². The Labute approximate surface area is 157 Å². The van der Waals surface area contributed by atoms with Crippen molar-refractivity contribution >= 4 is 17.6 Å². The quantitative estimate of drug-likeness (QED) is 0.698. The standard InChI is InChI=1S/C23H19NO3/c25-22-14-20(19-8-4-5-9-21(19)24-22)23(26)27-15-16-10-12-18(13-11-16)17-6-2-1-3-7-17/h1-13,20H,14-15H2,(H,24,25)/t20-/m0/s1. The van der Waals surface area contributed by atoms with E-state index in [1.807, 2.05) is 60.7 Å².